The number of halogens is 6. The van der Waals surface area contributed by atoms with Crippen molar-refractivity contribution in [3.63, 3.8) is 0 Å². The molecule has 2 aliphatic rings. The standard InChI is InChI=1S/C21H18F6N2O/c22-13-1-3-14(4-2-13)29-8-5-12-9-16(23)19(18(24)15(12)11-29)28-17(30)10-20(6-7-20)21(25,26)27/h1-4,9H,5-8,10-11H2,(H,28,30). The minimum Gasteiger partial charge on any atom is -0.367 e. The minimum absolute atomic E-state index is 0.0580. The van der Waals surface area contributed by atoms with Crippen molar-refractivity contribution in [2.45, 2.75) is 38.4 Å². The number of amides is 1. The highest BCUT2D eigenvalue weighted by Crippen LogP contribution is 2.60. The summed E-state index contributed by atoms with van der Waals surface area (Å²) >= 11 is 0. The third-order valence-electron chi connectivity index (χ3n) is 5.82. The summed E-state index contributed by atoms with van der Waals surface area (Å²) in [6.07, 6.45) is -5.43. The van der Waals surface area contributed by atoms with Crippen molar-refractivity contribution in [1.29, 1.82) is 0 Å². The summed E-state index contributed by atoms with van der Waals surface area (Å²) in [6.45, 7) is 0.514. The molecule has 3 nitrogen and oxygen atoms in total. The molecule has 2 aromatic carbocycles. The van der Waals surface area contributed by atoms with E-state index in [1.165, 1.54) is 24.3 Å². The molecule has 0 spiro atoms. The second-order valence-electron chi connectivity index (χ2n) is 7.84. The predicted molar refractivity (Wildman–Crippen MR) is 98.5 cm³/mol. The number of hydrogen-bond acceptors (Lipinski definition) is 2. The zero-order valence-electron chi connectivity index (χ0n) is 15.8. The number of rotatable bonds is 4. The number of anilines is 2. The Morgan fingerprint density at radius 1 is 1.10 bits per heavy atom. The van der Waals surface area contributed by atoms with Crippen LogP contribution in [0.3, 0.4) is 0 Å². The SMILES string of the molecule is O=C(CC1(C(F)(F)F)CC1)Nc1c(F)cc2c(c1F)CN(c1ccc(F)cc1)CC2. The van der Waals surface area contributed by atoms with Crippen molar-refractivity contribution in [3.05, 3.63) is 58.9 Å². The molecule has 1 amide bonds. The molecule has 30 heavy (non-hydrogen) atoms. The fourth-order valence-electron chi connectivity index (χ4n) is 3.82. The van der Waals surface area contributed by atoms with Gasteiger partial charge in [-0.2, -0.15) is 13.2 Å². The monoisotopic (exact) mass is 428 g/mol. The Bertz CT molecular complexity index is 982. The van der Waals surface area contributed by atoms with E-state index in [2.05, 4.69) is 0 Å². The molecule has 160 valence electrons. The van der Waals surface area contributed by atoms with Gasteiger partial charge in [0.1, 0.15) is 17.3 Å². The van der Waals surface area contributed by atoms with E-state index >= 15 is 4.39 Å². The van der Waals surface area contributed by atoms with Crippen LogP contribution in [0.1, 0.15) is 30.4 Å². The summed E-state index contributed by atoms with van der Waals surface area (Å²) < 4.78 is 81.8. The van der Waals surface area contributed by atoms with E-state index in [1.807, 2.05) is 5.32 Å². The first-order valence-corrected chi connectivity index (χ1v) is 9.46. The van der Waals surface area contributed by atoms with Crippen LogP contribution in [0.5, 0.6) is 0 Å². The van der Waals surface area contributed by atoms with E-state index in [0.717, 1.165) is 6.07 Å². The summed E-state index contributed by atoms with van der Waals surface area (Å²) in [5.74, 6) is -3.51. The molecular weight excluding hydrogens is 410 g/mol. The van der Waals surface area contributed by atoms with Crippen molar-refractivity contribution in [2.24, 2.45) is 5.41 Å². The minimum atomic E-state index is -4.53. The van der Waals surface area contributed by atoms with Crippen molar-refractivity contribution in [3.8, 4) is 0 Å². The van der Waals surface area contributed by atoms with Crippen LogP contribution in [0, 0.1) is 22.9 Å². The topological polar surface area (TPSA) is 32.3 Å². The molecule has 0 aromatic heterocycles. The number of carbonyl (C=O) groups is 1. The van der Waals surface area contributed by atoms with Crippen molar-refractivity contribution in [1.82, 2.24) is 0 Å². The molecule has 9 heteroatoms. The average molecular weight is 428 g/mol. The molecule has 1 aliphatic carbocycles. The highest BCUT2D eigenvalue weighted by molar-refractivity contribution is 5.92. The third-order valence-corrected chi connectivity index (χ3v) is 5.82. The lowest BCUT2D eigenvalue weighted by atomic mass is 9.97. The van der Waals surface area contributed by atoms with Gasteiger partial charge < -0.3 is 10.2 Å². The Morgan fingerprint density at radius 3 is 2.37 bits per heavy atom. The summed E-state index contributed by atoms with van der Waals surface area (Å²) in [5.41, 5.74) is -1.61. The molecule has 1 fully saturated rings. The lowest BCUT2D eigenvalue weighted by molar-refractivity contribution is -0.189. The maximum atomic E-state index is 15.0. The first kappa shape index (κ1) is 20.6. The molecule has 2 aromatic rings. The predicted octanol–water partition coefficient (Wildman–Crippen LogP) is 5.34. The Hall–Kier alpha value is -2.71. The van der Waals surface area contributed by atoms with Gasteiger partial charge in [-0.3, -0.25) is 4.79 Å². The molecule has 0 radical (unpaired) electrons. The van der Waals surface area contributed by atoms with Gasteiger partial charge in [0.05, 0.1) is 5.41 Å². The zero-order valence-corrected chi connectivity index (χ0v) is 15.8. The van der Waals surface area contributed by atoms with E-state index in [9.17, 15) is 26.7 Å². The van der Waals surface area contributed by atoms with Crippen LogP contribution in [0.4, 0.5) is 37.7 Å². The van der Waals surface area contributed by atoms with Crippen LogP contribution in [-0.4, -0.2) is 18.6 Å². The molecule has 0 atom stereocenters. The number of nitrogens with one attached hydrogen (secondary N) is 1. The van der Waals surface area contributed by atoms with E-state index < -0.39 is 47.1 Å². The zero-order chi connectivity index (χ0) is 21.7. The van der Waals surface area contributed by atoms with Gasteiger partial charge in [-0.15, -0.1) is 0 Å². The van der Waals surface area contributed by atoms with Gasteiger partial charge in [-0.1, -0.05) is 0 Å². The summed E-state index contributed by atoms with van der Waals surface area (Å²) in [5, 5.41) is 2.00. The van der Waals surface area contributed by atoms with Gasteiger partial charge in [-0.25, -0.2) is 13.2 Å². The maximum absolute atomic E-state index is 15.0. The number of benzene rings is 2. The highest BCUT2D eigenvalue weighted by Gasteiger charge is 2.63. The lowest BCUT2D eigenvalue weighted by Gasteiger charge is -2.31. The Balaban J connectivity index is 1.55. The summed E-state index contributed by atoms with van der Waals surface area (Å²) in [7, 11) is 0. The van der Waals surface area contributed by atoms with E-state index in [1.54, 1.807) is 4.90 Å². The van der Waals surface area contributed by atoms with Crippen LogP contribution < -0.4 is 10.2 Å². The average Bonchev–Trinajstić information content (AvgIpc) is 3.46. The second kappa shape index (κ2) is 7.21. The molecule has 1 aliphatic heterocycles. The number of nitrogens with zero attached hydrogens (tertiary/aromatic N) is 1. The molecule has 0 unspecified atom stereocenters. The Morgan fingerprint density at radius 2 is 1.77 bits per heavy atom. The largest absolute Gasteiger partial charge is 0.395 e. The lowest BCUT2D eigenvalue weighted by Crippen LogP contribution is -2.32. The number of alkyl halides is 3. The number of hydrogen-bond donors (Lipinski definition) is 1. The van der Waals surface area contributed by atoms with Crippen molar-refractivity contribution < 1.29 is 31.1 Å². The van der Waals surface area contributed by atoms with E-state index in [4.69, 9.17) is 0 Å². The molecule has 1 N–H and O–H groups in total. The van der Waals surface area contributed by atoms with E-state index in [-0.39, 0.29) is 24.9 Å². The first-order valence-electron chi connectivity index (χ1n) is 9.46. The van der Waals surface area contributed by atoms with Crippen LogP contribution in [0.25, 0.3) is 0 Å². The number of carbonyl (C=O) groups excluding carboxylic acids is 1. The van der Waals surface area contributed by atoms with Gasteiger partial charge in [-0.05, 0) is 55.2 Å². The van der Waals surface area contributed by atoms with Crippen LogP contribution in [-0.2, 0) is 17.8 Å². The second-order valence-corrected chi connectivity index (χ2v) is 7.84. The summed E-state index contributed by atoms with van der Waals surface area (Å²) in [4.78, 5) is 13.9. The van der Waals surface area contributed by atoms with Gasteiger partial charge in [0, 0.05) is 30.8 Å². The molecule has 4 rings (SSSR count). The van der Waals surface area contributed by atoms with Gasteiger partial charge in [0.25, 0.3) is 0 Å². The first-order chi connectivity index (χ1) is 14.1. The quantitative estimate of drug-likeness (QED) is 0.667. The Kier molecular flexibility index (Phi) is 4.94. The maximum Gasteiger partial charge on any atom is 0.395 e. The smallest absolute Gasteiger partial charge is 0.367 e. The van der Waals surface area contributed by atoms with Crippen LogP contribution >= 0.6 is 0 Å². The fraction of sp³-hybridized carbons (Fsp3) is 0.381. The molecular formula is C21H18F6N2O. The molecule has 0 saturated heterocycles. The van der Waals surface area contributed by atoms with Crippen molar-refractivity contribution in [2.75, 3.05) is 16.8 Å². The van der Waals surface area contributed by atoms with E-state index in [0.29, 0.717) is 24.2 Å². The van der Waals surface area contributed by atoms with Crippen LogP contribution in [0.15, 0.2) is 30.3 Å². The number of fused-ring (bicyclic) bond motifs is 1. The van der Waals surface area contributed by atoms with Gasteiger partial charge >= 0.3 is 6.18 Å². The fourth-order valence-corrected chi connectivity index (χ4v) is 3.82. The molecule has 0 bridgehead atoms. The molecule has 1 heterocycles. The third kappa shape index (κ3) is 3.73. The van der Waals surface area contributed by atoms with Gasteiger partial charge in [0.15, 0.2) is 5.82 Å². The summed E-state index contributed by atoms with van der Waals surface area (Å²) in [6, 6.07) is 6.72. The normalized spacial score (nSPS) is 17.5. The van der Waals surface area contributed by atoms with Gasteiger partial charge in [0.2, 0.25) is 5.91 Å². The van der Waals surface area contributed by atoms with Crippen molar-refractivity contribution >= 4 is 17.3 Å². The van der Waals surface area contributed by atoms with Crippen LogP contribution in [0.2, 0.25) is 0 Å². The highest BCUT2D eigenvalue weighted by atomic mass is 19.4. The Labute approximate surface area is 168 Å². The molecule has 1 saturated carbocycles.